The molecule has 0 fully saturated rings. The van der Waals surface area contributed by atoms with Crippen molar-refractivity contribution in [2.45, 2.75) is 6.92 Å². The first-order valence-electron chi connectivity index (χ1n) is 5.36. The molecule has 5 heteroatoms. The van der Waals surface area contributed by atoms with Gasteiger partial charge in [-0.1, -0.05) is 5.16 Å². The Morgan fingerprint density at radius 1 is 1.35 bits per heavy atom. The maximum atomic E-state index is 5.69. The SMILES string of the molecule is CCOc1ccc2nc3onc(N)c3cc2c1. The van der Waals surface area contributed by atoms with Gasteiger partial charge in [0.2, 0.25) is 0 Å². The molecular formula is C12H11N3O2. The molecule has 0 unspecified atom stereocenters. The number of hydrogen-bond donors (Lipinski definition) is 1. The average Bonchev–Trinajstić information content (AvgIpc) is 2.69. The van der Waals surface area contributed by atoms with Crippen molar-refractivity contribution < 1.29 is 9.26 Å². The molecule has 0 radical (unpaired) electrons. The number of benzene rings is 1. The van der Waals surface area contributed by atoms with Crippen molar-refractivity contribution in [3.05, 3.63) is 24.3 Å². The second-order valence-corrected chi connectivity index (χ2v) is 3.70. The normalized spacial score (nSPS) is 11.1. The van der Waals surface area contributed by atoms with E-state index in [2.05, 4.69) is 10.1 Å². The summed E-state index contributed by atoms with van der Waals surface area (Å²) in [6, 6.07) is 7.60. The number of nitrogens with zero attached hydrogens (tertiary/aromatic N) is 2. The van der Waals surface area contributed by atoms with E-state index >= 15 is 0 Å². The van der Waals surface area contributed by atoms with Crippen molar-refractivity contribution in [1.29, 1.82) is 0 Å². The van der Waals surface area contributed by atoms with E-state index in [0.717, 1.165) is 22.0 Å². The lowest BCUT2D eigenvalue weighted by Crippen LogP contribution is -1.91. The molecule has 0 aliphatic heterocycles. The number of anilines is 1. The predicted molar refractivity (Wildman–Crippen MR) is 64.9 cm³/mol. The van der Waals surface area contributed by atoms with Gasteiger partial charge in [0.05, 0.1) is 17.5 Å². The summed E-state index contributed by atoms with van der Waals surface area (Å²) < 4.78 is 10.5. The predicted octanol–water partition coefficient (Wildman–Crippen LogP) is 2.36. The number of hydrogen-bond acceptors (Lipinski definition) is 5. The Morgan fingerprint density at radius 2 is 2.24 bits per heavy atom. The van der Waals surface area contributed by atoms with Crippen molar-refractivity contribution in [3.63, 3.8) is 0 Å². The third kappa shape index (κ3) is 1.56. The molecule has 0 aliphatic carbocycles. The van der Waals surface area contributed by atoms with Gasteiger partial charge in [0.1, 0.15) is 5.75 Å². The molecule has 17 heavy (non-hydrogen) atoms. The lowest BCUT2D eigenvalue weighted by Gasteiger charge is -2.03. The first kappa shape index (κ1) is 9.89. The Labute approximate surface area is 97.2 Å². The molecular weight excluding hydrogens is 218 g/mol. The van der Waals surface area contributed by atoms with Crippen LogP contribution in [0.15, 0.2) is 28.8 Å². The van der Waals surface area contributed by atoms with Crippen LogP contribution in [0.1, 0.15) is 6.92 Å². The maximum absolute atomic E-state index is 5.69. The van der Waals surface area contributed by atoms with E-state index in [4.69, 9.17) is 15.0 Å². The van der Waals surface area contributed by atoms with Crippen LogP contribution in [0.3, 0.4) is 0 Å². The van der Waals surface area contributed by atoms with Gasteiger partial charge in [0, 0.05) is 5.39 Å². The van der Waals surface area contributed by atoms with Crippen molar-refractivity contribution in [3.8, 4) is 5.75 Å². The van der Waals surface area contributed by atoms with Crippen LogP contribution in [0.5, 0.6) is 5.75 Å². The fourth-order valence-corrected chi connectivity index (χ4v) is 1.79. The maximum Gasteiger partial charge on any atom is 0.260 e. The van der Waals surface area contributed by atoms with E-state index < -0.39 is 0 Å². The van der Waals surface area contributed by atoms with Crippen LogP contribution in [-0.2, 0) is 0 Å². The van der Waals surface area contributed by atoms with E-state index in [1.165, 1.54) is 0 Å². The highest BCUT2D eigenvalue weighted by Crippen LogP contribution is 2.26. The lowest BCUT2D eigenvalue weighted by atomic mass is 10.2. The quantitative estimate of drug-likeness (QED) is 0.730. The minimum Gasteiger partial charge on any atom is -0.494 e. The molecule has 0 amide bonds. The zero-order chi connectivity index (χ0) is 11.8. The van der Waals surface area contributed by atoms with Gasteiger partial charge in [0.25, 0.3) is 5.71 Å². The van der Waals surface area contributed by atoms with Crippen LogP contribution in [0, 0.1) is 0 Å². The van der Waals surface area contributed by atoms with Crippen molar-refractivity contribution in [2.24, 2.45) is 0 Å². The number of fused-ring (bicyclic) bond motifs is 2. The Bertz CT molecular complexity index is 691. The second kappa shape index (κ2) is 3.62. The fourth-order valence-electron chi connectivity index (χ4n) is 1.79. The van der Waals surface area contributed by atoms with Crippen molar-refractivity contribution in [2.75, 3.05) is 12.3 Å². The molecule has 2 N–H and O–H groups in total. The minimum atomic E-state index is 0.358. The number of ether oxygens (including phenoxy) is 1. The van der Waals surface area contributed by atoms with E-state index in [-0.39, 0.29) is 0 Å². The van der Waals surface area contributed by atoms with E-state index in [1.54, 1.807) is 0 Å². The molecule has 0 saturated carbocycles. The zero-order valence-corrected chi connectivity index (χ0v) is 9.30. The van der Waals surface area contributed by atoms with Gasteiger partial charge >= 0.3 is 0 Å². The molecule has 2 aromatic heterocycles. The molecule has 0 spiro atoms. The highest BCUT2D eigenvalue weighted by Gasteiger charge is 2.08. The molecule has 1 aromatic carbocycles. The Kier molecular flexibility index (Phi) is 2.11. The average molecular weight is 229 g/mol. The number of nitrogen functional groups attached to an aromatic ring is 1. The molecule has 86 valence electrons. The minimum absolute atomic E-state index is 0.358. The van der Waals surface area contributed by atoms with Crippen LogP contribution < -0.4 is 10.5 Å². The van der Waals surface area contributed by atoms with E-state index in [9.17, 15) is 0 Å². The Hall–Kier alpha value is -2.30. The van der Waals surface area contributed by atoms with Gasteiger partial charge in [-0.05, 0) is 31.2 Å². The van der Waals surface area contributed by atoms with E-state index in [0.29, 0.717) is 18.1 Å². The van der Waals surface area contributed by atoms with E-state index in [1.807, 2.05) is 31.2 Å². The Balaban J connectivity index is 2.27. The number of rotatable bonds is 2. The monoisotopic (exact) mass is 229 g/mol. The van der Waals surface area contributed by atoms with Crippen LogP contribution >= 0.6 is 0 Å². The summed E-state index contributed by atoms with van der Waals surface area (Å²) in [6.45, 7) is 2.58. The summed E-state index contributed by atoms with van der Waals surface area (Å²) in [5.74, 6) is 1.17. The van der Waals surface area contributed by atoms with Crippen molar-refractivity contribution >= 4 is 27.8 Å². The zero-order valence-electron chi connectivity index (χ0n) is 9.30. The summed E-state index contributed by atoms with van der Waals surface area (Å²) in [5.41, 5.74) is 6.98. The number of nitrogens with two attached hydrogens (primary N) is 1. The Morgan fingerprint density at radius 3 is 3.06 bits per heavy atom. The van der Waals surface area contributed by atoms with Gasteiger partial charge < -0.3 is 15.0 Å². The lowest BCUT2D eigenvalue weighted by molar-refractivity contribution is 0.340. The fraction of sp³-hybridized carbons (Fsp3) is 0.167. The first-order valence-corrected chi connectivity index (χ1v) is 5.36. The van der Waals surface area contributed by atoms with Crippen LogP contribution in [-0.4, -0.2) is 16.7 Å². The van der Waals surface area contributed by atoms with Crippen molar-refractivity contribution in [1.82, 2.24) is 10.1 Å². The number of aromatic nitrogens is 2. The topological polar surface area (TPSA) is 74.2 Å². The molecule has 0 aliphatic rings. The standard InChI is InChI=1S/C12H11N3O2/c1-2-16-8-3-4-10-7(5-8)6-9-11(13)15-17-12(9)14-10/h3-6H,2H2,1H3,(H2,13,15). The molecule has 0 saturated heterocycles. The highest BCUT2D eigenvalue weighted by molar-refractivity contribution is 5.95. The summed E-state index contributed by atoms with van der Waals surface area (Å²) in [4.78, 5) is 4.34. The molecule has 3 rings (SSSR count). The number of pyridine rings is 1. The summed E-state index contributed by atoms with van der Waals surface area (Å²) in [5, 5.41) is 5.37. The van der Waals surface area contributed by atoms with Gasteiger partial charge in [-0.15, -0.1) is 0 Å². The third-order valence-corrected chi connectivity index (χ3v) is 2.57. The highest BCUT2D eigenvalue weighted by atomic mass is 16.5. The summed E-state index contributed by atoms with van der Waals surface area (Å²) >= 11 is 0. The smallest absolute Gasteiger partial charge is 0.260 e. The van der Waals surface area contributed by atoms with Gasteiger partial charge in [-0.3, -0.25) is 0 Å². The second-order valence-electron chi connectivity index (χ2n) is 3.70. The largest absolute Gasteiger partial charge is 0.494 e. The van der Waals surface area contributed by atoms with Gasteiger partial charge in [-0.25, -0.2) is 4.98 Å². The third-order valence-electron chi connectivity index (χ3n) is 2.57. The molecule has 3 aromatic rings. The molecule has 0 bridgehead atoms. The van der Waals surface area contributed by atoms with Crippen LogP contribution in [0.2, 0.25) is 0 Å². The van der Waals surface area contributed by atoms with Gasteiger partial charge in [0.15, 0.2) is 5.82 Å². The summed E-state index contributed by atoms with van der Waals surface area (Å²) in [7, 11) is 0. The summed E-state index contributed by atoms with van der Waals surface area (Å²) in [6.07, 6.45) is 0. The molecule has 0 atom stereocenters. The first-order chi connectivity index (χ1) is 8.28. The molecule has 5 nitrogen and oxygen atoms in total. The van der Waals surface area contributed by atoms with Crippen LogP contribution in [0.4, 0.5) is 5.82 Å². The van der Waals surface area contributed by atoms with Crippen LogP contribution in [0.25, 0.3) is 22.0 Å². The van der Waals surface area contributed by atoms with Gasteiger partial charge in [-0.2, -0.15) is 0 Å². The molecule has 2 heterocycles.